The number of ether oxygens (including phenoxy) is 1. The summed E-state index contributed by atoms with van der Waals surface area (Å²) in [5, 5.41) is 10.7. The molecule has 0 aliphatic heterocycles. The summed E-state index contributed by atoms with van der Waals surface area (Å²) >= 11 is 6.21. The lowest BCUT2D eigenvalue weighted by Gasteiger charge is -2.13. The van der Waals surface area contributed by atoms with Gasteiger partial charge in [0.2, 0.25) is 0 Å². The maximum Gasteiger partial charge on any atom is 0.336 e. The number of para-hydroxylation sites is 1. The van der Waals surface area contributed by atoms with Crippen LogP contribution in [0.25, 0.3) is 22.2 Å². The molecule has 0 fully saturated rings. The largest absolute Gasteiger partial charge is 0.495 e. The lowest BCUT2D eigenvalue weighted by molar-refractivity contribution is 0.0699. The van der Waals surface area contributed by atoms with Crippen molar-refractivity contribution in [1.29, 1.82) is 0 Å². The summed E-state index contributed by atoms with van der Waals surface area (Å²) in [7, 11) is 1.55. The van der Waals surface area contributed by atoms with Crippen molar-refractivity contribution in [3.8, 4) is 17.0 Å². The summed E-state index contributed by atoms with van der Waals surface area (Å²) in [6, 6.07) is 12.5. The number of rotatable bonds is 4. The molecule has 3 rings (SSSR count). The second-order valence-corrected chi connectivity index (χ2v) is 6.51. The molecule has 0 atom stereocenters. The van der Waals surface area contributed by atoms with Crippen LogP contribution in [0.1, 0.15) is 35.7 Å². The van der Waals surface area contributed by atoms with Crippen LogP contribution in [0.4, 0.5) is 0 Å². The topological polar surface area (TPSA) is 59.4 Å². The molecule has 0 bridgehead atoms. The van der Waals surface area contributed by atoms with Crippen LogP contribution in [0.15, 0.2) is 42.5 Å². The van der Waals surface area contributed by atoms with Crippen LogP contribution in [-0.4, -0.2) is 23.2 Å². The lowest BCUT2D eigenvalue weighted by Crippen LogP contribution is -2.02. The molecule has 25 heavy (non-hydrogen) atoms. The van der Waals surface area contributed by atoms with Crippen LogP contribution in [0, 0.1) is 0 Å². The summed E-state index contributed by atoms with van der Waals surface area (Å²) in [6.45, 7) is 4.13. The van der Waals surface area contributed by atoms with Crippen LogP contribution in [0.2, 0.25) is 5.02 Å². The van der Waals surface area contributed by atoms with E-state index in [2.05, 4.69) is 13.8 Å². The Morgan fingerprint density at radius 1 is 1.20 bits per heavy atom. The molecule has 0 saturated carbocycles. The van der Waals surface area contributed by atoms with E-state index in [0.29, 0.717) is 27.4 Å². The predicted octanol–water partition coefficient (Wildman–Crippen LogP) is 5.39. The van der Waals surface area contributed by atoms with Gasteiger partial charge < -0.3 is 9.84 Å². The SMILES string of the molecule is COc1ccc(-c2cc(C(=O)O)c3cccc(C(C)C)c3n2)cc1Cl. The molecule has 1 N–H and O–H groups in total. The van der Waals surface area contributed by atoms with Gasteiger partial charge in [-0.1, -0.05) is 43.6 Å². The monoisotopic (exact) mass is 355 g/mol. The molecule has 0 unspecified atom stereocenters. The van der Waals surface area contributed by atoms with Gasteiger partial charge in [-0.15, -0.1) is 0 Å². The molecule has 4 nitrogen and oxygen atoms in total. The molecule has 0 aliphatic rings. The molecule has 0 spiro atoms. The molecule has 1 heterocycles. The third kappa shape index (κ3) is 3.17. The first-order chi connectivity index (χ1) is 11.9. The van der Waals surface area contributed by atoms with Crippen LogP contribution in [0.3, 0.4) is 0 Å². The quantitative estimate of drug-likeness (QED) is 0.682. The first-order valence-electron chi connectivity index (χ1n) is 7.93. The number of carbonyl (C=O) groups is 1. The van der Waals surface area contributed by atoms with E-state index in [0.717, 1.165) is 11.1 Å². The Morgan fingerprint density at radius 3 is 2.56 bits per heavy atom. The van der Waals surface area contributed by atoms with E-state index in [1.54, 1.807) is 31.4 Å². The van der Waals surface area contributed by atoms with E-state index >= 15 is 0 Å². The number of halogens is 1. The third-order valence-electron chi connectivity index (χ3n) is 4.17. The fraction of sp³-hybridized carbons (Fsp3) is 0.200. The van der Waals surface area contributed by atoms with Gasteiger partial charge in [0.15, 0.2) is 0 Å². The minimum Gasteiger partial charge on any atom is -0.495 e. The number of carboxylic acids is 1. The van der Waals surface area contributed by atoms with Crippen LogP contribution in [0.5, 0.6) is 5.75 Å². The normalized spacial score (nSPS) is 11.1. The van der Waals surface area contributed by atoms with E-state index in [9.17, 15) is 9.90 Å². The van der Waals surface area contributed by atoms with Crippen molar-refractivity contribution in [2.24, 2.45) is 0 Å². The molecular weight excluding hydrogens is 338 g/mol. The molecule has 0 aliphatic carbocycles. The van der Waals surface area contributed by atoms with Crippen LogP contribution >= 0.6 is 11.6 Å². The molecule has 2 aromatic carbocycles. The molecule has 128 valence electrons. The number of nitrogens with zero attached hydrogens (tertiary/aromatic N) is 1. The molecule has 1 aromatic heterocycles. The summed E-state index contributed by atoms with van der Waals surface area (Å²) in [5.41, 5.74) is 3.27. The van der Waals surface area contributed by atoms with Crippen molar-refractivity contribution in [3.63, 3.8) is 0 Å². The van der Waals surface area contributed by atoms with Gasteiger partial charge in [-0.25, -0.2) is 9.78 Å². The molecule has 5 heteroatoms. The second-order valence-electron chi connectivity index (χ2n) is 6.11. The lowest BCUT2D eigenvalue weighted by atomic mass is 9.96. The fourth-order valence-electron chi connectivity index (χ4n) is 2.89. The smallest absolute Gasteiger partial charge is 0.336 e. The molecule has 3 aromatic rings. The summed E-state index contributed by atoms with van der Waals surface area (Å²) in [4.78, 5) is 16.5. The molecular formula is C20H18ClNO3. The van der Waals surface area contributed by atoms with E-state index in [-0.39, 0.29) is 11.5 Å². The standard InChI is InChI=1S/C20H18ClNO3/c1-11(2)13-5-4-6-14-15(20(23)24)10-17(22-19(13)14)12-7-8-18(25-3)16(21)9-12/h4-11H,1-3H3,(H,23,24). The van der Waals surface area contributed by atoms with Gasteiger partial charge in [0.1, 0.15) is 5.75 Å². The highest BCUT2D eigenvalue weighted by Crippen LogP contribution is 2.33. The molecule has 0 radical (unpaired) electrons. The van der Waals surface area contributed by atoms with Crippen molar-refractivity contribution < 1.29 is 14.6 Å². The van der Waals surface area contributed by atoms with E-state index in [4.69, 9.17) is 21.3 Å². The van der Waals surface area contributed by atoms with Crippen molar-refractivity contribution in [2.75, 3.05) is 7.11 Å². The molecule has 0 amide bonds. The minimum absolute atomic E-state index is 0.229. The van der Waals surface area contributed by atoms with Gasteiger partial charge in [-0.05, 0) is 35.7 Å². The van der Waals surface area contributed by atoms with Gasteiger partial charge in [0.25, 0.3) is 0 Å². The number of fused-ring (bicyclic) bond motifs is 1. The van der Waals surface area contributed by atoms with Gasteiger partial charge in [0.05, 0.1) is 28.9 Å². The fourth-order valence-corrected chi connectivity index (χ4v) is 3.14. The summed E-state index contributed by atoms with van der Waals surface area (Å²) < 4.78 is 5.17. The Bertz CT molecular complexity index is 967. The predicted molar refractivity (Wildman–Crippen MR) is 99.8 cm³/mol. The zero-order valence-corrected chi connectivity index (χ0v) is 15.0. The average molecular weight is 356 g/mol. The van der Waals surface area contributed by atoms with Gasteiger partial charge in [0, 0.05) is 10.9 Å². The van der Waals surface area contributed by atoms with Crippen LogP contribution < -0.4 is 4.74 Å². The number of pyridine rings is 1. The third-order valence-corrected chi connectivity index (χ3v) is 4.47. The van der Waals surface area contributed by atoms with Crippen molar-refractivity contribution >= 4 is 28.5 Å². The average Bonchev–Trinajstić information content (AvgIpc) is 2.59. The van der Waals surface area contributed by atoms with Crippen molar-refractivity contribution in [2.45, 2.75) is 19.8 Å². The number of aromatic carboxylic acids is 1. The summed E-state index contributed by atoms with van der Waals surface area (Å²) in [5.74, 6) is -0.186. The second kappa shape index (κ2) is 6.73. The Kier molecular flexibility index (Phi) is 4.64. The van der Waals surface area contributed by atoms with Crippen molar-refractivity contribution in [1.82, 2.24) is 4.98 Å². The number of hydrogen-bond acceptors (Lipinski definition) is 3. The van der Waals surface area contributed by atoms with E-state index < -0.39 is 5.97 Å². The highest BCUT2D eigenvalue weighted by atomic mass is 35.5. The number of hydrogen-bond donors (Lipinski definition) is 1. The van der Waals surface area contributed by atoms with Crippen molar-refractivity contribution in [3.05, 3.63) is 58.6 Å². The number of aromatic nitrogens is 1. The number of methoxy groups -OCH3 is 1. The summed E-state index contributed by atoms with van der Waals surface area (Å²) in [6.07, 6.45) is 0. The van der Waals surface area contributed by atoms with E-state index in [1.807, 2.05) is 18.2 Å². The Balaban J connectivity index is 2.31. The Hall–Kier alpha value is -2.59. The molecule has 0 saturated heterocycles. The highest BCUT2D eigenvalue weighted by Gasteiger charge is 2.16. The van der Waals surface area contributed by atoms with Gasteiger partial charge in [-0.3, -0.25) is 0 Å². The Labute approximate surface area is 151 Å². The maximum absolute atomic E-state index is 11.8. The maximum atomic E-state index is 11.8. The zero-order chi connectivity index (χ0) is 18.1. The van der Waals surface area contributed by atoms with Crippen LogP contribution in [-0.2, 0) is 0 Å². The minimum atomic E-state index is -0.978. The first kappa shape index (κ1) is 17.2. The first-order valence-corrected chi connectivity index (χ1v) is 8.31. The number of benzene rings is 2. The number of carboxylic acid groups (broad SMARTS) is 1. The van der Waals surface area contributed by atoms with E-state index in [1.165, 1.54) is 0 Å². The van der Waals surface area contributed by atoms with Gasteiger partial charge in [-0.2, -0.15) is 0 Å². The Morgan fingerprint density at radius 2 is 1.96 bits per heavy atom. The highest BCUT2D eigenvalue weighted by molar-refractivity contribution is 6.32. The zero-order valence-electron chi connectivity index (χ0n) is 14.2. The van der Waals surface area contributed by atoms with Gasteiger partial charge >= 0.3 is 5.97 Å².